The lowest BCUT2D eigenvalue weighted by atomic mass is 9.83. The minimum atomic E-state index is -0.538. The molecule has 2 fully saturated rings. The molecule has 98 valence electrons. The molecule has 0 bridgehead atoms. The molecule has 17 heavy (non-hydrogen) atoms. The Hall–Kier alpha value is -0.650. The molecule has 3 atom stereocenters. The van der Waals surface area contributed by atoms with E-state index >= 15 is 0 Å². The largest absolute Gasteiger partial charge is 0.379 e. The monoisotopic (exact) mass is 241 g/mol. The molecule has 0 aromatic rings. The fraction of sp³-hybridized carbons (Fsp3) is 0.917. The van der Waals surface area contributed by atoms with Crippen LogP contribution in [-0.4, -0.2) is 67.7 Å². The molecule has 3 unspecified atom stereocenters. The van der Waals surface area contributed by atoms with Gasteiger partial charge in [-0.05, 0) is 20.9 Å². The summed E-state index contributed by atoms with van der Waals surface area (Å²) >= 11 is 0. The van der Waals surface area contributed by atoms with Crippen molar-refractivity contribution in [3.8, 4) is 0 Å². The molecular weight excluding hydrogens is 218 g/mol. The van der Waals surface area contributed by atoms with Gasteiger partial charge in [0, 0.05) is 31.7 Å². The summed E-state index contributed by atoms with van der Waals surface area (Å²) in [6, 6.07) is 0.0766. The summed E-state index contributed by atoms with van der Waals surface area (Å²) in [5.74, 6) is 0.156. The summed E-state index contributed by atoms with van der Waals surface area (Å²) in [6.07, 6.45) is 0. The zero-order chi connectivity index (χ0) is 12.6. The van der Waals surface area contributed by atoms with Crippen LogP contribution in [0.15, 0.2) is 0 Å². The third-order valence-corrected chi connectivity index (χ3v) is 4.10. The molecule has 0 saturated carbocycles. The van der Waals surface area contributed by atoms with Gasteiger partial charge in [0.05, 0.1) is 18.6 Å². The first kappa shape index (κ1) is 12.8. The molecule has 1 amide bonds. The number of likely N-dealkylation sites (N-methyl/N-ethyl adjacent to an activating group) is 1. The van der Waals surface area contributed by atoms with Crippen LogP contribution < -0.4 is 5.73 Å². The van der Waals surface area contributed by atoms with E-state index in [0.29, 0.717) is 13.2 Å². The molecule has 0 aromatic carbocycles. The van der Waals surface area contributed by atoms with Gasteiger partial charge in [-0.2, -0.15) is 0 Å². The average molecular weight is 241 g/mol. The molecule has 2 saturated heterocycles. The Bertz CT molecular complexity index is 310. The third kappa shape index (κ3) is 2.19. The molecule has 0 radical (unpaired) electrons. The molecular formula is C12H23N3O2. The Labute approximate surface area is 103 Å². The quantitative estimate of drug-likeness (QED) is 0.673. The van der Waals surface area contributed by atoms with Crippen LogP contribution in [0.25, 0.3) is 0 Å². The summed E-state index contributed by atoms with van der Waals surface area (Å²) in [4.78, 5) is 16.8. The van der Waals surface area contributed by atoms with E-state index in [1.807, 2.05) is 11.8 Å². The van der Waals surface area contributed by atoms with Crippen LogP contribution in [0.2, 0.25) is 0 Å². The highest BCUT2D eigenvalue weighted by Gasteiger charge is 2.47. The number of piperazine rings is 1. The highest BCUT2D eigenvalue weighted by molar-refractivity contribution is 5.84. The number of rotatable bonds is 1. The van der Waals surface area contributed by atoms with E-state index < -0.39 is 5.41 Å². The van der Waals surface area contributed by atoms with Gasteiger partial charge in [0.15, 0.2) is 0 Å². The Kier molecular flexibility index (Phi) is 3.43. The van der Waals surface area contributed by atoms with E-state index in [4.69, 9.17) is 10.5 Å². The minimum absolute atomic E-state index is 0.156. The van der Waals surface area contributed by atoms with Crippen molar-refractivity contribution < 1.29 is 9.53 Å². The normalized spacial score (nSPS) is 39.6. The summed E-state index contributed by atoms with van der Waals surface area (Å²) in [5.41, 5.74) is 5.47. The van der Waals surface area contributed by atoms with Crippen LogP contribution in [0.3, 0.4) is 0 Å². The molecule has 2 aliphatic heterocycles. The maximum Gasteiger partial charge on any atom is 0.232 e. The molecule has 0 aliphatic carbocycles. The Morgan fingerprint density at radius 1 is 1.47 bits per heavy atom. The van der Waals surface area contributed by atoms with Crippen LogP contribution in [0.5, 0.6) is 0 Å². The summed E-state index contributed by atoms with van der Waals surface area (Å²) in [5, 5.41) is 0. The fourth-order valence-electron chi connectivity index (χ4n) is 2.68. The van der Waals surface area contributed by atoms with Crippen molar-refractivity contribution in [2.75, 3.05) is 39.9 Å². The smallest absolute Gasteiger partial charge is 0.232 e. The molecule has 2 N–H and O–H groups in total. The molecule has 0 spiro atoms. The average Bonchev–Trinajstić information content (AvgIpc) is 2.60. The molecule has 2 heterocycles. The lowest BCUT2D eigenvalue weighted by Gasteiger charge is -2.42. The summed E-state index contributed by atoms with van der Waals surface area (Å²) < 4.78 is 5.36. The molecule has 5 nitrogen and oxygen atoms in total. The van der Waals surface area contributed by atoms with Crippen LogP contribution in [0, 0.1) is 5.41 Å². The van der Waals surface area contributed by atoms with Crippen molar-refractivity contribution in [1.29, 1.82) is 0 Å². The van der Waals surface area contributed by atoms with Crippen molar-refractivity contribution in [3.05, 3.63) is 0 Å². The highest BCUT2D eigenvalue weighted by Crippen LogP contribution is 2.30. The maximum absolute atomic E-state index is 12.6. The zero-order valence-corrected chi connectivity index (χ0v) is 11.0. The first-order chi connectivity index (χ1) is 7.95. The van der Waals surface area contributed by atoms with Gasteiger partial charge in [-0.3, -0.25) is 4.79 Å². The summed E-state index contributed by atoms with van der Waals surface area (Å²) in [7, 11) is 2.09. The van der Waals surface area contributed by atoms with E-state index in [0.717, 1.165) is 19.6 Å². The zero-order valence-electron chi connectivity index (χ0n) is 11.0. The highest BCUT2D eigenvalue weighted by atomic mass is 16.5. The van der Waals surface area contributed by atoms with Gasteiger partial charge in [-0.1, -0.05) is 0 Å². The lowest BCUT2D eigenvalue weighted by Crippen LogP contribution is -2.59. The number of hydrogen-bond donors (Lipinski definition) is 1. The van der Waals surface area contributed by atoms with E-state index in [1.165, 1.54) is 0 Å². The van der Waals surface area contributed by atoms with E-state index in [9.17, 15) is 4.79 Å². The second-order valence-corrected chi connectivity index (χ2v) is 5.65. The Morgan fingerprint density at radius 2 is 2.18 bits per heavy atom. The molecule has 5 heteroatoms. The maximum atomic E-state index is 12.6. The first-order valence-corrected chi connectivity index (χ1v) is 6.28. The standard InChI is InChI=1S/C12H23N3O2/c1-9-6-14(3)4-5-15(9)11(16)12(2)8-17-7-10(12)13/h9-10H,4-8,13H2,1-3H3. The van der Waals surface area contributed by atoms with E-state index in [-0.39, 0.29) is 18.0 Å². The van der Waals surface area contributed by atoms with Crippen molar-refractivity contribution in [2.45, 2.75) is 25.9 Å². The second kappa shape index (κ2) is 4.55. The fourth-order valence-corrected chi connectivity index (χ4v) is 2.68. The van der Waals surface area contributed by atoms with Crippen molar-refractivity contribution in [1.82, 2.24) is 9.80 Å². The van der Waals surface area contributed by atoms with Crippen LogP contribution in [0.4, 0.5) is 0 Å². The van der Waals surface area contributed by atoms with E-state index in [1.54, 1.807) is 0 Å². The van der Waals surface area contributed by atoms with Gasteiger partial charge < -0.3 is 20.3 Å². The van der Waals surface area contributed by atoms with E-state index in [2.05, 4.69) is 18.9 Å². The molecule has 0 aromatic heterocycles. The van der Waals surface area contributed by atoms with Gasteiger partial charge in [0.1, 0.15) is 0 Å². The molecule has 2 aliphatic rings. The van der Waals surface area contributed by atoms with Gasteiger partial charge in [0.25, 0.3) is 0 Å². The lowest BCUT2D eigenvalue weighted by molar-refractivity contribution is -0.146. The summed E-state index contributed by atoms with van der Waals surface area (Å²) in [6.45, 7) is 7.62. The van der Waals surface area contributed by atoms with Gasteiger partial charge >= 0.3 is 0 Å². The number of nitrogens with two attached hydrogens (primary N) is 1. The van der Waals surface area contributed by atoms with Gasteiger partial charge in [0.2, 0.25) is 5.91 Å². The predicted octanol–water partition coefficient (Wildman–Crippen LogP) is -0.487. The number of hydrogen-bond acceptors (Lipinski definition) is 4. The second-order valence-electron chi connectivity index (χ2n) is 5.65. The SMILES string of the molecule is CC1CN(C)CCN1C(=O)C1(C)COCC1N. The Morgan fingerprint density at radius 3 is 2.71 bits per heavy atom. The van der Waals surface area contributed by atoms with Gasteiger partial charge in [-0.25, -0.2) is 0 Å². The van der Waals surface area contributed by atoms with Crippen LogP contribution in [0.1, 0.15) is 13.8 Å². The van der Waals surface area contributed by atoms with Crippen molar-refractivity contribution in [3.63, 3.8) is 0 Å². The topological polar surface area (TPSA) is 58.8 Å². The Balaban J connectivity index is 2.09. The number of nitrogens with zero attached hydrogens (tertiary/aromatic N) is 2. The predicted molar refractivity (Wildman–Crippen MR) is 65.6 cm³/mol. The van der Waals surface area contributed by atoms with Crippen molar-refractivity contribution >= 4 is 5.91 Å². The van der Waals surface area contributed by atoms with Crippen LogP contribution in [-0.2, 0) is 9.53 Å². The van der Waals surface area contributed by atoms with Crippen molar-refractivity contribution in [2.24, 2.45) is 11.1 Å². The number of carbonyl (C=O) groups is 1. The third-order valence-electron chi connectivity index (χ3n) is 4.10. The number of amides is 1. The van der Waals surface area contributed by atoms with Crippen LogP contribution >= 0.6 is 0 Å². The minimum Gasteiger partial charge on any atom is -0.379 e. The van der Waals surface area contributed by atoms with Gasteiger partial charge in [-0.15, -0.1) is 0 Å². The number of carbonyl (C=O) groups excluding carboxylic acids is 1. The number of ether oxygens (including phenoxy) is 1. The molecule has 2 rings (SSSR count). The first-order valence-electron chi connectivity index (χ1n) is 6.28.